The van der Waals surface area contributed by atoms with Gasteiger partial charge in [0, 0.05) is 11.3 Å². The van der Waals surface area contributed by atoms with Crippen molar-refractivity contribution in [3.8, 4) is 0 Å². The molecule has 0 bridgehead atoms. The summed E-state index contributed by atoms with van der Waals surface area (Å²) in [6.45, 7) is 0. The van der Waals surface area contributed by atoms with Gasteiger partial charge in [0.15, 0.2) is 0 Å². The summed E-state index contributed by atoms with van der Waals surface area (Å²) < 4.78 is 0. The molecular formula is C8H10NOS. The van der Waals surface area contributed by atoms with Crippen LogP contribution < -0.4 is 5.32 Å². The van der Waals surface area contributed by atoms with Crippen molar-refractivity contribution in [1.82, 2.24) is 5.32 Å². The third-order valence-corrected chi connectivity index (χ3v) is 2.37. The molecule has 0 spiro atoms. The lowest BCUT2D eigenvalue weighted by Gasteiger charge is -2.04. The van der Waals surface area contributed by atoms with Crippen molar-refractivity contribution >= 4 is 17.6 Å². The first-order valence-electron chi connectivity index (χ1n) is 3.44. The Bertz CT molecular complexity index is 208. The van der Waals surface area contributed by atoms with E-state index in [1.807, 2.05) is 23.8 Å². The molecule has 1 atom stereocenters. The van der Waals surface area contributed by atoms with Gasteiger partial charge in [0.1, 0.15) is 0 Å². The van der Waals surface area contributed by atoms with Gasteiger partial charge in [-0.1, -0.05) is 6.07 Å². The molecule has 0 aromatic carbocycles. The average molecular weight is 168 g/mol. The minimum atomic E-state index is -0.159. The quantitative estimate of drug-likeness (QED) is 0.726. The molecule has 1 heterocycles. The molecule has 3 heteroatoms. The van der Waals surface area contributed by atoms with Crippen LogP contribution in [0.5, 0.6) is 0 Å². The van der Waals surface area contributed by atoms with Crippen LogP contribution in [0.1, 0.15) is 4.88 Å². The fraction of sp³-hybridized carbons (Fsp3) is 0.375. The first-order chi connectivity index (χ1) is 5.36. The highest BCUT2D eigenvalue weighted by molar-refractivity contribution is 7.09. The Morgan fingerprint density at radius 3 is 3.09 bits per heavy atom. The van der Waals surface area contributed by atoms with Gasteiger partial charge in [0.2, 0.25) is 6.29 Å². The Hall–Kier alpha value is -0.670. The molecule has 0 aliphatic carbocycles. The second kappa shape index (κ2) is 4.26. The number of rotatable bonds is 4. The summed E-state index contributed by atoms with van der Waals surface area (Å²) in [6.07, 6.45) is 2.68. The molecule has 0 unspecified atom stereocenters. The third kappa shape index (κ3) is 2.44. The van der Waals surface area contributed by atoms with Gasteiger partial charge in [-0.15, -0.1) is 11.3 Å². The van der Waals surface area contributed by atoms with E-state index in [0.717, 1.165) is 6.42 Å². The summed E-state index contributed by atoms with van der Waals surface area (Å²) >= 11 is 1.66. The van der Waals surface area contributed by atoms with E-state index in [1.165, 1.54) is 4.88 Å². The van der Waals surface area contributed by atoms with Crippen molar-refractivity contribution in [1.29, 1.82) is 0 Å². The third-order valence-electron chi connectivity index (χ3n) is 1.48. The molecule has 0 aliphatic heterocycles. The number of carbonyl (C=O) groups excluding carboxylic acids is 1. The number of hydrogen-bond donors (Lipinski definition) is 1. The van der Waals surface area contributed by atoms with E-state index in [-0.39, 0.29) is 6.04 Å². The minimum absolute atomic E-state index is 0.159. The van der Waals surface area contributed by atoms with Crippen molar-refractivity contribution < 1.29 is 4.79 Å². The first-order valence-corrected chi connectivity index (χ1v) is 4.32. The molecule has 1 rings (SSSR count). The van der Waals surface area contributed by atoms with Crippen LogP contribution in [0.3, 0.4) is 0 Å². The van der Waals surface area contributed by atoms with E-state index in [2.05, 4.69) is 5.32 Å². The van der Waals surface area contributed by atoms with Crippen molar-refractivity contribution in [3.63, 3.8) is 0 Å². The van der Waals surface area contributed by atoms with Crippen molar-refractivity contribution in [2.24, 2.45) is 0 Å². The molecule has 59 valence electrons. The zero-order valence-corrected chi connectivity index (χ0v) is 7.15. The summed E-state index contributed by atoms with van der Waals surface area (Å²) in [5.41, 5.74) is 0. The van der Waals surface area contributed by atoms with Crippen molar-refractivity contribution in [2.45, 2.75) is 12.5 Å². The lowest BCUT2D eigenvalue weighted by molar-refractivity contribution is 0.527. The standard InChI is InChI=1S/C8H10NOS/c1-9-7(6-10)5-8-3-2-4-11-8/h2-4,7,9H,5H2,1H3/t7-/m0/s1. The van der Waals surface area contributed by atoms with Crippen LogP contribution in [-0.2, 0) is 11.2 Å². The molecule has 2 nitrogen and oxygen atoms in total. The molecule has 0 aliphatic rings. The molecule has 0 saturated heterocycles. The largest absolute Gasteiger partial charge is 0.310 e. The number of hydrogen-bond acceptors (Lipinski definition) is 3. The normalized spacial score (nSPS) is 12.8. The second-order valence-electron chi connectivity index (χ2n) is 2.24. The molecule has 1 aromatic heterocycles. The van der Waals surface area contributed by atoms with E-state index in [0.29, 0.717) is 0 Å². The zero-order valence-electron chi connectivity index (χ0n) is 6.33. The van der Waals surface area contributed by atoms with Gasteiger partial charge in [0.25, 0.3) is 0 Å². The highest BCUT2D eigenvalue weighted by Gasteiger charge is 2.05. The van der Waals surface area contributed by atoms with Crippen LogP contribution in [0.2, 0.25) is 0 Å². The summed E-state index contributed by atoms with van der Waals surface area (Å²) in [5.74, 6) is 0. The molecule has 0 fully saturated rings. The van der Waals surface area contributed by atoms with Crippen LogP contribution >= 0.6 is 11.3 Å². The lowest BCUT2D eigenvalue weighted by atomic mass is 10.2. The predicted molar refractivity (Wildman–Crippen MR) is 46.6 cm³/mol. The molecule has 1 aromatic rings. The highest BCUT2D eigenvalue weighted by atomic mass is 32.1. The van der Waals surface area contributed by atoms with Crippen molar-refractivity contribution in [3.05, 3.63) is 22.4 Å². The van der Waals surface area contributed by atoms with Crippen molar-refractivity contribution in [2.75, 3.05) is 7.05 Å². The minimum Gasteiger partial charge on any atom is -0.310 e. The fourth-order valence-corrected chi connectivity index (χ4v) is 1.58. The van der Waals surface area contributed by atoms with E-state index in [1.54, 1.807) is 18.4 Å². The molecule has 0 saturated carbocycles. The summed E-state index contributed by atoms with van der Waals surface area (Å²) in [7, 11) is 1.77. The van der Waals surface area contributed by atoms with Gasteiger partial charge in [0.05, 0.1) is 6.04 Å². The van der Waals surface area contributed by atoms with Crippen LogP contribution in [0.15, 0.2) is 17.5 Å². The maximum absolute atomic E-state index is 10.3. The predicted octanol–water partition coefficient (Wildman–Crippen LogP) is 0.988. The molecule has 1 radical (unpaired) electrons. The summed E-state index contributed by atoms with van der Waals surface area (Å²) in [4.78, 5) is 11.5. The van der Waals surface area contributed by atoms with E-state index in [4.69, 9.17) is 0 Å². The molecule has 1 N–H and O–H groups in total. The average Bonchev–Trinajstić information content (AvgIpc) is 2.52. The Morgan fingerprint density at radius 2 is 2.64 bits per heavy atom. The second-order valence-corrected chi connectivity index (χ2v) is 3.27. The van der Waals surface area contributed by atoms with E-state index >= 15 is 0 Å². The SMILES string of the molecule is CN[C@H]([C]=O)Cc1cccs1. The van der Waals surface area contributed by atoms with Crippen LogP contribution in [-0.4, -0.2) is 19.4 Å². The summed E-state index contributed by atoms with van der Waals surface area (Å²) in [6, 6.07) is 3.85. The van der Waals surface area contributed by atoms with Crippen LogP contribution in [0.4, 0.5) is 0 Å². The zero-order chi connectivity index (χ0) is 8.10. The fourth-order valence-electron chi connectivity index (χ4n) is 0.833. The molecule has 11 heavy (non-hydrogen) atoms. The Kier molecular flexibility index (Phi) is 3.26. The van der Waals surface area contributed by atoms with Gasteiger partial charge in [-0.25, -0.2) is 0 Å². The smallest absolute Gasteiger partial charge is 0.217 e. The van der Waals surface area contributed by atoms with Crippen LogP contribution in [0.25, 0.3) is 0 Å². The molecule has 0 amide bonds. The van der Waals surface area contributed by atoms with Crippen LogP contribution in [0, 0.1) is 0 Å². The highest BCUT2D eigenvalue weighted by Crippen LogP contribution is 2.09. The molecular weight excluding hydrogens is 158 g/mol. The number of likely N-dealkylation sites (N-methyl/N-ethyl adjacent to an activating group) is 1. The number of nitrogens with one attached hydrogen (secondary N) is 1. The first kappa shape index (κ1) is 8.43. The number of thiophene rings is 1. The van der Waals surface area contributed by atoms with Gasteiger partial charge in [-0.2, -0.15) is 0 Å². The van der Waals surface area contributed by atoms with Gasteiger partial charge in [-0.3, -0.25) is 4.79 Å². The van der Waals surface area contributed by atoms with E-state index < -0.39 is 0 Å². The maximum atomic E-state index is 10.3. The summed E-state index contributed by atoms with van der Waals surface area (Å²) in [5, 5.41) is 4.88. The van der Waals surface area contributed by atoms with Gasteiger partial charge < -0.3 is 5.32 Å². The topological polar surface area (TPSA) is 29.1 Å². The Morgan fingerprint density at radius 1 is 1.82 bits per heavy atom. The van der Waals surface area contributed by atoms with E-state index in [9.17, 15) is 4.79 Å². The monoisotopic (exact) mass is 168 g/mol. The maximum Gasteiger partial charge on any atom is 0.217 e. The van der Waals surface area contributed by atoms with Gasteiger partial charge in [-0.05, 0) is 18.5 Å². The Labute approximate surface area is 70.2 Å². The lowest BCUT2D eigenvalue weighted by Crippen LogP contribution is -2.28. The Balaban J connectivity index is 2.47. The van der Waals surface area contributed by atoms with Gasteiger partial charge >= 0.3 is 0 Å².